The van der Waals surface area contributed by atoms with Crippen LogP contribution in [0.25, 0.3) is 64.6 Å². The molecule has 8 aromatic rings. The molecule has 0 fully saturated rings. The van der Waals surface area contributed by atoms with Crippen LogP contribution >= 0.6 is 15.9 Å². The summed E-state index contributed by atoms with van der Waals surface area (Å²) in [6.07, 6.45) is 0. The molecule has 0 heterocycles. The minimum Gasteiger partial charge on any atom is -0.0616 e. The van der Waals surface area contributed by atoms with Crippen molar-refractivity contribution in [2.45, 2.75) is 0 Å². The van der Waals surface area contributed by atoms with Crippen LogP contribution in [0.5, 0.6) is 0 Å². The average molecular weight is 535 g/mol. The highest BCUT2D eigenvalue weighted by atomic mass is 79.9. The largest absolute Gasteiger partial charge is 0.0616 e. The highest BCUT2D eigenvalue weighted by molar-refractivity contribution is 9.10. The zero-order valence-electron chi connectivity index (χ0n) is 20.2. The Morgan fingerprint density at radius 1 is 0.243 bits per heavy atom. The van der Waals surface area contributed by atoms with Crippen molar-refractivity contribution in [3.8, 4) is 0 Å². The molecule has 0 N–H and O–H groups in total. The lowest BCUT2D eigenvalue weighted by atomic mass is 9.94. The van der Waals surface area contributed by atoms with Crippen LogP contribution in [0.15, 0.2) is 144 Å². The summed E-state index contributed by atoms with van der Waals surface area (Å²) in [4.78, 5) is 0. The molecule has 0 saturated carbocycles. The van der Waals surface area contributed by atoms with Crippen molar-refractivity contribution in [3.63, 3.8) is 0 Å². The summed E-state index contributed by atoms with van der Waals surface area (Å²) in [5.41, 5.74) is 0. The van der Waals surface area contributed by atoms with E-state index in [1.54, 1.807) is 0 Å². The maximum atomic E-state index is 3.58. The Labute approximate surface area is 223 Å². The van der Waals surface area contributed by atoms with Crippen molar-refractivity contribution >= 4 is 80.6 Å². The van der Waals surface area contributed by atoms with Gasteiger partial charge in [-0.25, -0.2) is 0 Å². The van der Waals surface area contributed by atoms with Crippen molar-refractivity contribution < 1.29 is 0 Å². The molecule has 0 nitrogen and oxygen atoms in total. The van der Waals surface area contributed by atoms with E-state index < -0.39 is 0 Å². The molecule has 0 aliphatic carbocycles. The third-order valence-corrected chi connectivity index (χ3v) is 7.85. The van der Waals surface area contributed by atoms with Crippen molar-refractivity contribution in [3.05, 3.63) is 144 Å². The Morgan fingerprint density at radius 3 is 0.730 bits per heavy atom. The van der Waals surface area contributed by atoms with E-state index in [0.717, 1.165) is 4.47 Å². The molecule has 0 saturated heterocycles. The van der Waals surface area contributed by atoms with Gasteiger partial charge in [0.05, 0.1) is 0 Å². The quantitative estimate of drug-likeness (QED) is 0.169. The number of halogens is 1. The molecule has 0 radical (unpaired) electrons. The second-order valence-electron chi connectivity index (χ2n) is 9.42. The van der Waals surface area contributed by atoms with Crippen LogP contribution < -0.4 is 0 Å². The third kappa shape index (κ3) is 3.66. The Kier molecular flexibility index (Phi) is 5.38. The molecule has 0 aromatic heterocycles. The van der Waals surface area contributed by atoms with Gasteiger partial charge in [0.1, 0.15) is 0 Å². The predicted molar refractivity (Wildman–Crippen MR) is 166 cm³/mol. The summed E-state index contributed by atoms with van der Waals surface area (Å²) in [5.74, 6) is 0. The number of hydrogen-bond donors (Lipinski definition) is 0. The van der Waals surface area contributed by atoms with Gasteiger partial charge in [-0.05, 0) is 76.8 Å². The van der Waals surface area contributed by atoms with E-state index in [2.05, 4.69) is 155 Å². The van der Waals surface area contributed by atoms with E-state index in [1.807, 2.05) is 0 Å². The summed E-state index contributed by atoms with van der Waals surface area (Å²) in [6.45, 7) is 0. The monoisotopic (exact) mass is 534 g/mol. The van der Waals surface area contributed by atoms with E-state index in [4.69, 9.17) is 0 Å². The van der Waals surface area contributed by atoms with Gasteiger partial charge in [-0.1, -0.05) is 143 Å². The summed E-state index contributed by atoms with van der Waals surface area (Å²) >= 11 is 3.58. The van der Waals surface area contributed by atoms with Gasteiger partial charge in [0.15, 0.2) is 0 Å². The highest BCUT2D eigenvalue weighted by Crippen LogP contribution is 2.36. The van der Waals surface area contributed by atoms with E-state index in [1.165, 1.54) is 64.6 Å². The van der Waals surface area contributed by atoms with Crippen molar-refractivity contribution in [2.75, 3.05) is 0 Å². The molecule has 1 heteroatoms. The number of benzene rings is 8. The fraction of sp³-hybridized carbons (Fsp3) is 0. The van der Waals surface area contributed by atoms with Crippen LogP contribution in [0, 0.1) is 0 Å². The zero-order valence-corrected chi connectivity index (χ0v) is 21.7. The third-order valence-electron chi connectivity index (χ3n) is 7.36. The fourth-order valence-electron chi connectivity index (χ4n) is 5.74. The predicted octanol–water partition coefficient (Wildman–Crippen LogP) is 11.1. The Balaban J connectivity index is 0.000000125. The van der Waals surface area contributed by atoms with Gasteiger partial charge in [0, 0.05) is 4.47 Å². The molecule has 0 amide bonds. The lowest BCUT2D eigenvalue weighted by Crippen LogP contribution is -1.82. The second-order valence-corrected chi connectivity index (χ2v) is 10.3. The molecule has 0 unspecified atom stereocenters. The first kappa shape index (κ1) is 22.0. The van der Waals surface area contributed by atoms with E-state index in [9.17, 15) is 0 Å². The first-order chi connectivity index (χ1) is 18.3. The Hall–Kier alpha value is -4.20. The van der Waals surface area contributed by atoms with Gasteiger partial charge in [0.2, 0.25) is 0 Å². The molecular weight excluding hydrogens is 512 g/mol. The molecule has 174 valence electrons. The lowest BCUT2D eigenvalue weighted by Gasteiger charge is -2.10. The first-order valence-electron chi connectivity index (χ1n) is 12.6. The normalized spacial score (nSPS) is 11.4. The van der Waals surface area contributed by atoms with E-state index in [-0.39, 0.29) is 0 Å². The number of hydrogen-bond acceptors (Lipinski definition) is 0. The zero-order chi connectivity index (χ0) is 24.8. The van der Waals surface area contributed by atoms with Crippen LogP contribution in [0.1, 0.15) is 0 Å². The van der Waals surface area contributed by atoms with Crippen molar-refractivity contribution in [1.29, 1.82) is 0 Å². The second kappa shape index (κ2) is 9.03. The molecule has 0 aliphatic heterocycles. The van der Waals surface area contributed by atoms with Gasteiger partial charge in [-0.2, -0.15) is 0 Å². The van der Waals surface area contributed by atoms with Crippen LogP contribution in [-0.4, -0.2) is 0 Å². The van der Waals surface area contributed by atoms with Gasteiger partial charge < -0.3 is 0 Å². The van der Waals surface area contributed by atoms with Gasteiger partial charge in [0.25, 0.3) is 0 Å². The average Bonchev–Trinajstić information content (AvgIpc) is 2.98. The first-order valence-corrected chi connectivity index (χ1v) is 13.4. The molecule has 0 atom stereocenters. The van der Waals surface area contributed by atoms with E-state index >= 15 is 0 Å². The number of rotatable bonds is 0. The minimum atomic E-state index is 1.13. The summed E-state index contributed by atoms with van der Waals surface area (Å²) in [7, 11) is 0. The van der Waals surface area contributed by atoms with Crippen LogP contribution in [0.3, 0.4) is 0 Å². The summed E-state index contributed by atoms with van der Waals surface area (Å²) in [6, 6.07) is 49.8. The van der Waals surface area contributed by atoms with Crippen molar-refractivity contribution in [2.24, 2.45) is 0 Å². The van der Waals surface area contributed by atoms with Gasteiger partial charge in [-0.15, -0.1) is 0 Å². The molecule has 0 bridgehead atoms. The molecular formula is C36H23Br. The smallest absolute Gasteiger partial charge is 0.0181 e. The van der Waals surface area contributed by atoms with Crippen molar-refractivity contribution in [1.82, 2.24) is 0 Å². The topological polar surface area (TPSA) is 0 Å². The van der Waals surface area contributed by atoms with Crippen LogP contribution in [-0.2, 0) is 0 Å². The summed E-state index contributed by atoms with van der Waals surface area (Å²) < 4.78 is 1.13. The molecule has 0 spiro atoms. The maximum absolute atomic E-state index is 3.58. The van der Waals surface area contributed by atoms with E-state index in [0.29, 0.717) is 0 Å². The molecule has 37 heavy (non-hydrogen) atoms. The lowest BCUT2D eigenvalue weighted by molar-refractivity contribution is 1.73. The standard InChI is InChI=1S/C18H11Br.C18H12/c19-12-9-10-17-15-7-2-1-5-13(15)14-6-3-4-8-16(14)18(17)11-12;1-2-8-14-13(7-1)15-9-3-4-11-17(15)18-12-6-5-10-16(14)18/h1-11H;1-12H. The molecule has 8 rings (SSSR count). The van der Waals surface area contributed by atoms with Crippen LogP contribution in [0.4, 0.5) is 0 Å². The Morgan fingerprint density at radius 2 is 0.459 bits per heavy atom. The minimum absolute atomic E-state index is 1.13. The molecule has 8 aromatic carbocycles. The van der Waals surface area contributed by atoms with Gasteiger partial charge in [-0.3, -0.25) is 0 Å². The molecule has 0 aliphatic rings. The summed E-state index contributed by atoms with van der Waals surface area (Å²) in [5, 5.41) is 16.0. The number of fused-ring (bicyclic) bond motifs is 12. The highest BCUT2D eigenvalue weighted by Gasteiger charge is 2.08. The maximum Gasteiger partial charge on any atom is 0.0181 e. The van der Waals surface area contributed by atoms with Crippen LogP contribution in [0.2, 0.25) is 0 Å². The SMILES string of the molecule is Brc1ccc2c3ccccc3c3ccccc3c2c1.c1ccc2c(c1)c1ccccc1c1ccccc21. The van der Waals surface area contributed by atoms with Gasteiger partial charge >= 0.3 is 0 Å². The Bertz CT molecular complexity index is 1850. The fourth-order valence-corrected chi connectivity index (χ4v) is 6.10.